The molecule has 1 heterocycles. The number of hydrogen-bond acceptors (Lipinski definition) is 2. The quantitative estimate of drug-likeness (QED) is 0.592. The fourth-order valence-corrected chi connectivity index (χ4v) is 0.702. The molecule has 0 aliphatic heterocycles. The second-order valence-corrected chi connectivity index (χ2v) is 3.36. The second kappa shape index (κ2) is 4.86. The SMILES string of the molecule is CC.CC(C)(C)c1cccnn1. The molecule has 2 heteroatoms. The van der Waals surface area contributed by atoms with E-state index in [2.05, 4.69) is 31.0 Å². The highest BCUT2D eigenvalue weighted by Crippen LogP contribution is 2.17. The molecule has 0 aromatic carbocycles. The highest BCUT2D eigenvalue weighted by atomic mass is 15.1. The molecule has 0 fully saturated rings. The van der Waals surface area contributed by atoms with Crippen molar-refractivity contribution in [2.75, 3.05) is 0 Å². The molecular weight excluding hydrogens is 148 g/mol. The monoisotopic (exact) mass is 166 g/mol. The smallest absolute Gasteiger partial charge is 0.0684 e. The predicted octanol–water partition coefficient (Wildman–Crippen LogP) is 2.80. The zero-order valence-corrected chi connectivity index (χ0v) is 8.63. The van der Waals surface area contributed by atoms with E-state index in [0.717, 1.165) is 5.69 Å². The van der Waals surface area contributed by atoms with E-state index in [4.69, 9.17) is 0 Å². The molecule has 0 N–H and O–H groups in total. The molecule has 2 nitrogen and oxygen atoms in total. The molecule has 0 saturated heterocycles. The van der Waals surface area contributed by atoms with Gasteiger partial charge >= 0.3 is 0 Å². The first-order valence-corrected chi connectivity index (χ1v) is 4.39. The standard InChI is InChI=1S/C8H12N2.C2H6/c1-8(2,3)7-5-4-6-9-10-7;1-2/h4-6H,1-3H3;1-2H3. The summed E-state index contributed by atoms with van der Waals surface area (Å²) in [4.78, 5) is 0. The van der Waals surface area contributed by atoms with Crippen LogP contribution in [-0.4, -0.2) is 10.2 Å². The average molecular weight is 166 g/mol. The Morgan fingerprint density at radius 2 is 1.75 bits per heavy atom. The molecule has 0 aliphatic rings. The van der Waals surface area contributed by atoms with Crippen LogP contribution in [0.25, 0.3) is 0 Å². The van der Waals surface area contributed by atoms with E-state index in [1.54, 1.807) is 6.20 Å². The third-order valence-corrected chi connectivity index (χ3v) is 1.34. The van der Waals surface area contributed by atoms with Crippen LogP contribution in [0.1, 0.15) is 40.3 Å². The number of rotatable bonds is 0. The van der Waals surface area contributed by atoms with E-state index in [-0.39, 0.29) is 5.41 Å². The molecule has 0 amide bonds. The van der Waals surface area contributed by atoms with Crippen LogP contribution in [-0.2, 0) is 5.41 Å². The number of nitrogens with zero attached hydrogens (tertiary/aromatic N) is 2. The van der Waals surface area contributed by atoms with Crippen molar-refractivity contribution in [3.05, 3.63) is 24.0 Å². The molecule has 0 spiro atoms. The van der Waals surface area contributed by atoms with E-state index in [0.29, 0.717) is 0 Å². The minimum atomic E-state index is 0.119. The van der Waals surface area contributed by atoms with Crippen molar-refractivity contribution in [1.29, 1.82) is 0 Å². The minimum absolute atomic E-state index is 0.119. The molecule has 1 rings (SSSR count). The zero-order valence-electron chi connectivity index (χ0n) is 8.63. The summed E-state index contributed by atoms with van der Waals surface area (Å²) in [5.74, 6) is 0. The molecule has 1 aromatic heterocycles. The summed E-state index contributed by atoms with van der Waals surface area (Å²) < 4.78 is 0. The van der Waals surface area contributed by atoms with Gasteiger partial charge in [-0.15, -0.1) is 0 Å². The molecular formula is C10H18N2. The summed E-state index contributed by atoms with van der Waals surface area (Å²) in [6.45, 7) is 10.4. The fraction of sp³-hybridized carbons (Fsp3) is 0.600. The summed E-state index contributed by atoms with van der Waals surface area (Å²) >= 11 is 0. The molecule has 1 aromatic rings. The Morgan fingerprint density at radius 1 is 1.17 bits per heavy atom. The Kier molecular flexibility index (Phi) is 4.49. The van der Waals surface area contributed by atoms with Crippen LogP contribution in [0.3, 0.4) is 0 Å². The highest BCUT2D eigenvalue weighted by molar-refractivity contribution is 5.09. The van der Waals surface area contributed by atoms with Gasteiger partial charge in [0, 0.05) is 11.6 Å². The molecule has 0 unspecified atom stereocenters. The molecule has 0 atom stereocenters. The lowest BCUT2D eigenvalue weighted by molar-refractivity contribution is 0.558. The highest BCUT2D eigenvalue weighted by Gasteiger charge is 2.14. The van der Waals surface area contributed by atoms with Gasteiger partial charge in [-0.05, 0) is 12.1 Å². The van der Waals surface area contributed by atoms with E-state index in [1.807, 2.05) is 26.0 Å². The third-order valence-electron chi connectivity index (χ3n) is 1.34. The van der Waals surface area contributed by atoms with Gasteiger partial charge in [0.05, 0.1) is 5.69 Å². The van der Waals surface area contributed by atoms with Gasteiger partial charge in [0.15, 0.2) is 0 Å². The Morgan fingerprint density at radius 3 is 2.00 bits per heavy atom. The van der Waals surface area contributed by atoms with E-state index in [9.17, 15) is 0 Å². The maximum atomic E-state index is 4.00. The van der Waals surface area contributed by atoms with Crippen molar-refractivity contribution in [3.8, 4) is 0 Å². The number of hydrogen-bond donors (Lipinski definition) is 0. The van der Waals surface area contributed by atoms with Gasteiger partial charge in [0.25, 0.3) is 0 Å². The van der Waals surface area contributed by atoms with Crippen LogP contribution < -0.4 is 0 Å². The van der Waals surface area contributed by atoms with Crippen molar-refractivity contribution in [1.82, 2.24) is 10.2 Å². The Labute approximate surface area is 75.0 Å². The Hall–Kier alpha value is -0.920. The second-order valence-electron chi connectivity index (χ2n) is 3.36. The van der Waals surface area contributed by atoms with Crippen LogP contribution in [0.5, 0.6) is 0 Å². The molecule has 68 valence electrons. The van der Waals surface area contributed by atoms with Crippen LogP contribution in [0.4, 0.5) is 0 Å². The molecule has 0 bridgehead atoms. The first kappa shape index (κ1) is 11.1. The van der Waals surface area contributed by atoms with Crippen LogP contribution >= 0.6 is 0 Å². The lowest BCUT2D eigenvalue weighted by Gasteiger charge is -2.15. The van der Waals surface area contributed by atoms with E-state index >= 15 is 0 Å². The summed E-state index contributed by atoms with van der Waals surface area (Å²) in [5.41, 5.74) is 1.16. The van der Waals surface area contributed by atoms with Crippen molar-refractivity contribution in [2.24, 2.45) is 0 Å². The Bertz CT molecular complexity index is 199. The Balaban J connectivity index is 0.000000561. The maximum absolute atomic E-state index is 4.00. The van der Waals surface area contributed by atoms with Crippen molar-refractivity contribution < 1.29 is 0 Å². The van der Waals surface area contributed by atoms with E-state index in [1.165, 1.54) is 0 Å². The maximum Gasteiger partial charge on any atom is 0.0684 e. The normalized spacial score (nSPS) is 10.1. The van der Waals surface area contributed by atoms with Gasteiger partial charge in [-0.25, -0.2) is 0 Å². The molecule has 0 saturated carbocycles. The summed E-state index contributed by atoms with van der Waals surface area (Å²) in [6, 6.07) is 3.90. The summed E-state index contributed by atoms with van der Waals surface area (Å²) in [6.07, 6.45) is 1.69. The predicted molar refractivity (Wildman–Crippen MR) is 52.1 cm³/mol. The summed E-state index contributed by atoms with van der Waals surface area (Å²) in [7, 11) is 0. The zero-order chi connectivity index (χ0) is 9.61. The van der Waals surface area contributed by atoms with Gasteiger partial charge in [-0.3, -0.25) is 0 Å². The largest absolute Gasteiger partial charge is 0.159 e. The van der Waals surface area contributed by atoms with E-state index < -0.39 is 0 Å². The van der Waals surface area contributed by atoms with Gasteiger partial charge in [0.1, 0.15) is 0 Å². The first-order valence-electron chi connectivity index (χ1n) is 4.39. The molecule has 12 heavy (non-hydrogen) atoms. The van der Waals surface area contributed by atoms with Crippen molar-refractivity contribution >= 4 is 0 Å². The van der Waals surface area contributed by atoms with Crippen LogP contribution in [0.15, 0.2) is 18.3 Å². The van der Waals surface area contributed by atoms with Gasteiger partial charge in [0.2, 0.25) is 0 Å². The molecule has 0 aliphatic carbocycles. The van der Waals surface area contributed by atoms with Crippen LogP contribution in [0.2, 0.25) is 0 Å². The van der Waals surface area contributed by atoms with Gasteiger partial charge in [-0.2, -0.15) is 10.2 Å². The molecule has 0 radical (unpaired) electrons. The van der Waals surface area contributed by atoms with Crippen molar-refractivity contribution in [3.63, 3.8) is 0 Å². The number of aromatic nitrogens is 2. The first-order chi connectivity index (χ1) is 5.61. The fourth-order valence-electron chi connectivity index (χ4n) is 0.702. The average Bonchev–Trinajstić information content (AvgIpc) is 2.08. The van der Waals surface area contributed by atoms with Crippen molar-refractivity contribution in [2.45, 2.75) is 40.0 Å². The topological polar surface area (TPSA) is 25.8 Å². The van der Waals surface area contributed by atoms with Crippen LogP contribution in [0, 0.1) is 0 Å². The van der Waals surface area contributed by atoms with Gasteiger partial charge < -0.3 is 0 Å². The lowest BCUT2D eigenvalue weighted by atomic mass is 9.92. The van der Waals surface area contributed by atoms with Gasteiger partial charge in [-0.1, -0.05) is 34.6 Å². The third kappa shape index (κ3) is 3.46. The lowest BCUT2D eigenvalue weighted by Crippen LogP contribution is -2.13. The summed E-state index contributed by atoms with van der Waals surface area (Å²) in [5, 5.41) is 7.80. The minimum Gasteiger partial charge on any atom is -0.159 e.